The molecule has 3 amide bonds. The highest BCUT2D eigenvalue weighted by Crippen LogP contribution is 2.35. The lowest BCUT2D eigenvalue weighted by Crippen LogP contribution is -2.44. The van der Waals surface area contributed by atoms with Crippen LogP contribution in [0.2, 0.25) is 0 Å². The molecule has 0 bridgehead atoms. The third-order valence-electron chi connectivity index (χ3n) is 4.58. The van der Waals surface area contributed by atoms with Gasteiger partial charge in [-0.05, 0) is 30.5 Å². The monoisotopic (exact) mass is 333 g/mol. The van der Waals surface area contributed by atoms with Gasteiger partial charge >= 0.3 is 6.03 Å². The third kappa shape index (κ3) is 4.04. The van der Waals surface area contributed by atoms with Gasteiger partial charge in [0, 0.05) is 31.0 Å². The molecule has 0 atom stereocenters. The van der Waals surface area contributed by atoms with Crippen molar-refractivity contribution in [3.63, 3.8) is 0 Å². The Hall–Kier alpha value is -2.12. The number of carbonyl (C=O) groups is 2. The minimum Gasteiger partial charge on any atom is -0.352 e. The molecular weight excluding hydrogens is 310 g/mol. The molecule has 130 valence electrons. The minimum atomic E-state index is -0.567. The molecule has 1 heterocycles. The molecular formula is C17H23N3O4. The Morgan fingerprint density at radius 1 is 1.12 bits per heavy atom. The van der Waals surface area contributed by atoms with Gasteiger partial charge in [-0.2, -0.15) is 0 Å². The first-order chi connectivity index (χ1) is 11.6. The molecule has 1 aliphatic heterocycles. The van der Waals surface area contributed by atoms with E-state index in [0.717, 1.165) is 31.2 Å². The number of urea groups is 1. The van der Waals surface area contributed by atoms with Crippen LogP contribution < -0.4 is 16.4 Å². The maximum absolute atomic E-state index is 12.3. The number of nitrogens with two attached hydrogens (primary N) is 1. The van der Waals surface area contributed by atoms with E-state index in [4.69, 9.17) is 15.2 Å². The first kappa shape index (κ1) is 16.7. The second-order valence-corrected chi connectivity index (χ2v) is 6.27. The fraction of sp³-hybridized carbons (Fsp3) is 0.529. The fourth-order valence-electron chi connectivity index (χ4n) is 3.22. The van der Waals surface area contributed by atoms with Gasteiger partial charge in [0.1, 0.15) is 0 Å². The Labute approximate surface area is 140 Å². The smallest absolute Gasteiger partial charge is 0.312 e. The predicted molar refractivity (Wildman–Crippen MR) is 87.2 cm³/mol. The van der Waals surface area contributed by atoms with E-state index in [1.54, 1.807) is 24.3 Å². The van der Waals surface area contributed by atoms with E-state index in [0.29, 0.717) is 25.3 Å². The number of hydrogen-bond donors (Lipinski definition) is 3. The molecule has 1 aromatic rings. The molecule has 1 saturated heterocycles. The number of amides is 3. The van der Waals surface area contributed by atoms with Crippen LogP contribution in [-0.4, -0.2) is 37.0 Å². The van der Waals surface area contributed by atoms with Crippen molar-refractivity contribution in [3.05, 3.63) is 35.4 Å². The fourth-order valence-corrected chi connectivity index (χ4v) is 3.22. The molecule has 0 aromatic heterocycles. The second-order valence-electron chi connectivity index (χ2n) is 6.27. The molecule has 2 fully saturated rings. The van der Waals surface area contributed by atoms with E-state index in [-0.39, 0.29) is 11.9 Å². The van der Waals surface area contributed by atoms with Crippen molar-refractivity contribution in [2.75, 3.05) is 13.2 Å². The van der Waals surface area contributed by atoms with Gasteiger partial charge in [-0.15, -0.1) is 0 Å². The van der Waals surface area contributed by atoms with Crippen molar-refractivity contribution in [3.8, 4) is 0 Å². The van der Waals surface area contributed by atoms with Crippen LogP contribution in [0.15, 0.2) is 24.3 Å². The Bertz CT molecular complexity index is 586. The first-order valence-corrected chi connectivity index (χ1v) is 8.27. The van der Waals surface area contributed by atoms with Crippen LogP contribution in [-0.2, 0) is 16.0 Å². The van der Waals surface area contributed by atoms with E-state index in [9.17, 15) is 9.59 Å². The van der Waals surface area contributed by atoms with E-state index >= 15 is 0 Å². The van der Waals surface area contributed by atoms with Gasteiger partial charge in [-0.1, -0.05) is 12.1 Å². The van der Waals surface area contributed by atoms with Gasteiger partial charge in [0.05, 0.1) is 13.2 Å². The van der Waals surface area contributed by atoms with Crippen LogP contribution in [0.4, 0.5) is 4.79 Å². The Morgan fingerprint density at radius 2 is 1.75 bits per heavy atom. The summed E-state index contributed by atoms with van der Waals surface area (Å²) in [6, 6.07) is 6.69. The van der Waals surface area contributed by atoms with Crippen molar-refractivity contribution in [1.29, 1.82) is 0 Å². The molecule has 0 radical (unpaired) electrons. The van der Waals surface area contributed by atoms with Gasteiger partial charge in [-0.25, -0.2) is 4.79 Å². The summed E-state index contributed by atoms with van der Waals surface area (Å²) in [7, 11) is 0. The Kier molecular flexibility index (Phi) is 5.01. The molecule has 1 aliphatic carbocycles. The molecule has 1 aromatic carbocycles. The van der Waals surface area contributed by atoms with Crippen molar-refractivity contribution in [2.24, 2.45) is 5.73 Å². The lowest BCUT2D eigenvalue weighted by Gasteiger charge is -2.35. The van der Waals surface area contributed by atoms with Crippen molar-refractivity contribution in [2.45, 2.75) is 44.1 Å². The molecule has 7 heteroatoms. The zero-order valence-electron chi connectivity index (χ0n) is 13.5. The van der Waals surface area contributed by atoms with E-state index in [2.05, 4.69) is 10.6 Å². The summed E-state index contributed by atoms with van der Waals surface area (Å²) in [6.07, 6.45) is 3.34. The number of primary amides is 1. The SMILES string of the molecule is NC(=O)NCc1ccc(C(=O)NC2CCC3(CC2)OCCO3)cc1. The molecule has 2 aliphatic rings. The number of ether oxygens (including phenoxy) is 2. The van der Waals surface area contributed by atoms with Crippen LogP contribution in [0.25, 0.3) is 0 Å². The molecule has 0 unspecified atom stereocenters. The van der Waals surface area contributed by atoms with Crippen molar-refractivity contribution < 1.29 is 19.1 Å². The van der Waals surface area contributed by atoms with Crippen LogP contribution in [0.1, 0.15) is 41.6 Å². The van der Waals surface area contributed by atoms with E-state index in [1.807, 2.05) is 0 Å². The van der Waals surface area contributed by atoms with Crippen LogP contribution in [0, 0.1) is 0 Å². The second kappa shape index (κ2) is 7.19. The van der Waals surface area contributed by atoms with Gasteiger partial charge in [0.2, 0.25) is 0 Å². The number of benzene rings is 1. The van der Waals surface area contributed by atoms with Crippen molar-refractivity contribution >= 4 is 11.9 Å². The topological polar surface area (TPSA) is 103 Å². The van der Waals surface area contributed by atoms with Gasteiger partial charge in [0.15, 0.2) is 5.79 Å². The quantitative estimate of drug-likeness (QED) is 0.772. The molecule has 4 N–H and O–H groups in total. The lowest BCUT2D eigenvalue weighted by atomic mass is 9.90. The maximum Gasteiger partial charge on any atom is 0.312 e. The number of carbonyl (C=O) groups excluding carboxylic acids is 2. The Morgan fingerprint density at radius 3 is 2.33 bits per heavy atom. The zero-order valence-corrected chi connectivity index (χ0v) is 13.5. The normalized spacial score (nSPS) is 20.0. The standard InChI is InChI=1S/C17H23N3O4/c18-16(22)19-11-12-1-3-13(4-2-12)15(21)20-14-5-7-17(8-6-14)23-9-10-24-17/h1-4,14H,5-11H2,(H,20,21)(H3,18,19,22). The van der Waals surface area contributed by atoms with Crippen molar-refractivity contribution in [1.82, 2.24) is 10.6 Å². The summed E-state index contributed by atoms with van der Waals surface area (Å²) in [6.45, 7) is 1.67. The molecule has 7 nitrogen and oxygen atoms in total. The van der Waals surface area contributed by atoms with Gasteiger partial charge in [-0.3, -0.25) is 4.79 Å². The van der Waals surface area contributed by atoms with E-state index in [1.165, 1.54) is 0 Å². The molecule has 24 heavy (non-hydrogen) atoms. The lowest BCUT2D eigenvalue weighted by molar-refractivity contribution is -0.179. The average Bonchev–Trinajstić information content (AvgIpc) is 3.04. The highest BCUT2D eigenvalue weighted by atomic mass is 16.7. The third-order valence-corrected chi connectivity index (χ3v) is 4.58. The summed E-state index contributed by atoms with van der Waals surface area (Å²) >= 11 is 0. The number of nitrogens with one attached hydrogen (secondary N) is 2. The van der Waals surface area contributed by atoms with Gasteiger partial charge in [0.25, 0.3) is 5.91 Å². The highest BCUT2D eigenvalue weighted by molar-refractivity contribution is 5.94. The number of rotatable bonds is 4. The summed E-state index contributed by atoms with van der Waals surface area (Å²) in [5, 5.41) is 5.59. The van der Waals surface area contributed by atoms with Crippen LogP contribution >= 0.6 is 0 Å². The predicted octanol–water partition coefficient (Wildman–Crippen LogP) is 1.27. The molecule has 1 spiro atoms. The first-order valence-electron chi connectivity index (χ1n) is 8.27. The van der Waals surface area contributed by atoms with Gasteiger partial charge < -0.3 is 25.8 Å². The summed E-state index contributed by atoms with van der Waals surface area (Å²) in [5.41, 5.74) is 6.53. The summed E-state index contributed by atoms with van der Waals surface area (Å²) in [5.74, 6) is -0.491. The Balaban J connectivity index is 1.49. The van der Waals surface area contributed by atoms with E-state index < -0.39 is 11.8 Å². The van der Waals surface area contributed by atoms with Crippen LogP contribution in [0.3, 0.4) is 0 Å². The number of hydrogen-bond acceptors (Lipinski definition) is 4. The molecule has 3 rings (SSSR count). The maximum atomic E-state index is 12.3. The highest BCUT2D eigenvalue weighted by Gasteiger charge is 2.40. The summed E-state index contributed by atoms with van der Waals surface area (Å²) in [4.78, 5) is 23.0. The average molecular weight is 333 g/mol. The van der Waals surface area contributed by atoms with Crippen LogP contribution in [0.5, 0.6) is 0 Å². The largest absolute Gasteiger partial charge is 0.352 e. The summed E-state index contributed by atoms with van der Waals surface area (Å²) < 4.78 is 11.4. The molecule has 1 saturated carbocycles. The zero-order chi connectivity index (χ0) is 17.0. The minimum absolute atomic E-state index is 0.0846.